The van der Waals surface area contributed by atoms with Gasteiger partial charge in [-0.3, -0.25) is 9.78 Å². The van der Waals surface area contributed by atoms with Crippen LogP contribution in [-0.2, 0) is 13.0 Å². The fourth-order valence-electron chi connectivity index (χ4n) is 4.81. The van der Waals surface area contributed by atoms with Gasteiger partial charge in [0.1, 0.15) is 6.61 Å². The molecule has 3 aromatic heterocycles. The lowest BCUT2D eigenvalue weighted by Gasteiger charge is -2.21. The molecule has 7 nitrogen and oxygen atoms in total. The van der Waals surface area contributed by atoms with Gasteiger partial charge >= 0.3 is 0 Å². The number of pyridine rings is 2. The van der Waals surface area contributed by atoms with Gasteiger partial charge in [-0.1, -0.05) is 12.1 Å². The van der Waals surface area contributed by atoms with Crippen LogP contribution in [0.5, 0.6) is 11.5 Å². The molecule has 1 amide bonds. The SMILES string of the molecule is COc1cc(C(=O)N2CCC[C@H](Cc3cccn4nccc34)CC2)ccc1OCc1ccccn1. The summed E-state index contributed by atoms with van der Waals surface area (Å²) in [6.45, 7) is 1.86. The van der Waals surface area contributed by atoms with Crippen LogP contribution in [0.25, 0.3) is 5.52 Å². The van der Waals surface area contributed by atoms with E-state index in [1.807, 2.05) is 52.1 Å². The Labute approximate surface area is 205 Å². The van der Waals surface area contributed by atoms with Gasteiger partial charge in [-0.25, -0.2) is 4.52 Å². The number of hydrogen-bond acceptors (Lipinski definition) is 5. The van der Waals surface area contributed by atoms with E-state index in [2.05, 4.69) is 28.3 Å². The van der Waals surface area contributed by atoms with E-state index < -0.39 is 0 Å². The van der Waals surface area contributed by atoms with E-state index in [1.165, 1.54) is 11.1 Å². The molecular formula is C28H30N4O3. The first-order valence-corrected chi connectivity index (χ1v) is 12.1. The van der Waals surface area contributed by atoms with Gasteiger partial charge in [0.05, 0.1) is 18.3 Å². The van der Waals surface area contributed by atoms with Crippen LogP contribution in [0.2, 0.25) is 0 Å². The van der Waals surface area contributed by atoms with Crippen molar-refractivity contribution >= 4 is 11.4 Å². The average Bonchev–Trinajstić information content (AvgIpc) is 3.27. The minimum atomic E-state index is 0.0399. The molecular weight excluding hydrogens is 440 g/mol. The van der Waals surface area contributed by atoms with Gasteiger partial charge in [0.15, 0.2) is 11.5 Å². The second-order valence-corrected chi connectivity index (χ2v) is 8.96. The van der Waals surface area contributed by atoms with Gasteiger partial charge in [-0.05, 0) is 79.6 Å². The Morgan fingerprint density at radius 2 is 1.97 bits per heavy atom. The quantitative estimate of drug-likeness (QED) is 0.388. The summed E-state index contributed by atoms with van der Waals surface area (Å²) < 4.78 is 13.3. The molecule has 180 valence electrons. The number of nitrogens with zero attached hydrogens (tertiary/aromatic N) is 4. The fourth-order valence-corrected chi connectivity index (χ4v) is 4.81. The van der Waals surface area contributed by atoms with E-state index in [-0.39, 0.29) is 5.91 Å². The highest BCUT2D eigenvalue weighted by Crippen LogP contribution is 2.30. The number of rotatable bonds is 7. The van der Waals surface area contributed by atoms with Crippen molar-refractivity contribution in [1.82, 2.24) is 19.5 Å². The monoisotopic (exact) mass is 470 g/mol. The normalized spacial score (nSPS) is 16.1. The first-order valence-electron chi connectivity index (χ1n) is 12.1. The van der Waals surface area contributed by atoms with Crippen LogP contribution >= 0.6 is 0 Å². The van der Waals surface area contributed by atoms with Crippen molar-refractivity contribution in [2.45, 2.75) is 32.3 Å². The van der Waals surface area contributed by atoms with Crippen LogP contribution in [0.15, 0.2) is 73.2 Å². The molecule has 35 heavy (non-hydrogen) atoms. The second-order valence-electron chi connectivity index (χ2n) is 8.96. The van der Waals surface area contributed by atoms with Crippen molar-refractivity contribution in [3.8, 4) is 11.5 Å². The van der Waals surface area contributed by atoms with Crippen molar-refractivity contribution in [2.24, 2.45) is 5.92 Å². The molecule has 0 N–H and O–H groups in total. The lowest BCUT2D eigenvalue weighted by atomic mass is 9.92. The molecule has 7 heteroatoms. The highest BCUT2D eigenvalue weighted by molar-refractivity contribution is 5.95. The number of fused-ring (bicyclic) bond motifs is 1. The Balaban J connectivity index is 1.22. The minimum Gasteiger partial charge on any atom is -0.493 e. The summed E-state index contributed by atoms with van der Waals surface area (Å²) in [5, 5.41) is 4.35. The Kier molecular flexibility index (Phi) is 6.93. The average molecular weight is 471 g/mol. The van der Waals surface area contributed by atoms with Gasteiger partial charge in [0.25, 0.3) is 5.91 Å². The first-order chi connectivity index (χ1) is 17.2. The maximum Gasteiger partial charge on any atom is 0.253 e. The number of benzene rings is 1. The molecule has 0 unspecified atom stereocenters. The zero-order chi connectivity index (χ0) is 24.0. The zero-order valence-electron chi connectivity index (χ0n) is 20.0. The summed E-state index contributed by atoms with van der Waals surface area (Å²) in [6, 6.07) is 17.4. The predicted molar refractivity (Wildman–Crippen MR) is 134 cm³/mol. The van der Waals surface area contributed by atoms with Gasteiger partial charge in [0, 0.05) is 37.2 Å². The topological polar surface area (TPSA) is 69.0 Å². The summed E-state index contributed by atoms with van der Waals surface area (Å²) in [6.07, 6.45) is 9.67. The van der Waals surface area contributed by atoms with Gasteiger partial charge < -0.3 is 14.4 Å². The summed E-state index contributed by atoms with van der Waals surface area (Å²) >= 11 is 0. The van der Waals surface area contributed by atoms with E-state index >= 15 is 0 Å². The fraction of sp³-hybridized carbons (Fsp3) is 0.321. The molecule has 4 aromatic rings. The maximum atomic E-state index is 13.3. The molecule has 4 heterocycles. The van der Waals surface area contributed by atoms with Gasteiger partial charge in [-0.2, -0.15) is 5.10 Å². The number of aromatic nitrogens is 3. The summed E-state index contributed by atoms with van der Waals surface area (Å²) in [4.78, 5) is 19.6. The molecule has 5 rings (SSSR count). The van der Waals surface area contributed by atoms with Crippen LogP contribution in [-0.4, -0.2) is 45.6 Å². The van der Waals surface area contributed by atoms with Crippen LogP contribution in [0, 0.1) is 5.92 Å². The number of amides is 1. The summed E-state index contributed by atoms with van der Waals surface area (Å²) in [7, 11) is 1.59. The standard InChI is InChI=1S/C28H30N4O3/c1-34-27-19-23(9-10-26(27)35-20-24-8-2-3-13-29-24)28(33)31-15-4-6-21(12-17-31)18-22-7-5-16-32-25(22)11-14-30-32/h2-3,5,7-11,13-14,16,19,21H,4,6,12,15,17-18,20H2,1H3/t21-/m0/s1. The van der Waals surface area contributed by atoms with Crippen LogP contribution in [0.1, 0.15) is 40.9 Å². The van der Waals surface area contributed by atoms with E-state index in [4.69, 9.17) is 9.47 Å². The molecule has 0 aliphatic carbocycles. The van der Waals surface area contributed by atoms with Crippen LogP contribution < -0.4 is 9.47 Å². The molecule has 1 aromatic carbocycles. The van der Waals surface area contributed by atoms with Gasteiger partial charge in [0.2, 0.25) is 0 Å². The number of carbonyl (C=O) groups is 1. The zero-order valence-corrected chi connectivity index (χ0v) is 20.0. The van der Waals surface area contributed by atoms with Crippen molar-refractivity contribution in [1.29, 1.82) is 0 Å². The molecule has 0 bridgehead atoms. The molecule has 0 spiro atoms. The van der Waals surface area contributed by atoms with Crippen molar-refractivity contribution in [2.75, 3.05) is 20.2 Å². The Hall–Kier alpha value is -3.87. The molecule has 0 radical (unpaired) electrons. The molecule has 1 aliphatic rings. The Bertz CT molecular complexity index is 1290. The third-order valence-electron chi connectivity index (χ3n) is 6.68. The van der Waals surface area contributed by atoms with Crippen molar-refractivity contribution in [3.05, 3.63) is 90.0 Å². The first kappa shape index (κ1) is 22.9. The van der Waals surface area contributed by atoms with E-state index in [0.717, 1.165) is 44.5 Å². The number of carbonyl (C=O) groups excluding carboxylic acids is 1. The van der Waals surface area contributed by atoms with E-state index in [9.17, 15) is 4.79 Å². The van der Waals surface area contributed by atoms with Crippen LogP contribution in [0.4, 0.5) is 0 Å². The maximum absolute atomic E-state index is 13.3. The smallest absolute Gasteiger partial charge is 0.253 e. The Morgan fingerprint density at radius 1 is 1.03 bits per heavy atom. The molecule has 1 saturated heterocycles. The summed E-state index contributed by atoms with van der Waals surface area (Å²) in [5.74, 6) is 1.73. The number of hydrogen-bond donors (Lipinski definition) is 0. The molecule has 1 fully saturated rings. The third kappa shape index (κ3) is 5.29. The second kappa shape index (κ2) is 10.6. The highest BCUT2D eigenvalue weighted by atomic mass is 16.5. The third-order valence-corrected chi connectivity index (χ3v) is 6.68. The number of methoxy groups -OCH3 is 1. The van der Waals surface area contributed by atoms with Crippen LogP contribution in [0.3, 0.4) is 0 Å². The van der Waals surface area contributed by atoms with Crippen molar-refractivity contribution in [3.63, 3.8) is 0 Å². The number of likely N-dealkylation sites (tertiary alicyclic amines) is 1. The summed E-state index contributed by atoms with van der Waals surface area (Å²) in [5.41, 5.74) is 3.94. The largest absolute Gasteiger partial charge is 0.493 e. The highest BCUT2D eigenvalue weighted by Gasteiger charge is 2.23. The molecule has 1 aliphatic heterocycles. The lowest BCUT2D eigenvalue weighted by molar-refractivity contribution is 0.0759. The van der Waals surface area contributed by atoms with Crippen molar-refractivity contribution < 1.29 is 14.3 Å². The Morgan fingerprint density at radius 3 is 2.83 bits per heavy atom. The predicted octanol–water partition coefficient (Wildman–Crippen LogP) is 4.80. The lowest BCUT2D eigenvalue weighted by Crippen LogP contribution is -2.32. The number of ether oxygens (including phenoxy) is 2. The molecule has 1 atom stereocenters. The van der Waals surface area contributed by atoms with Gasteiger partial charge in [-0.15, -0.1) is 0 Å². The molecule has 0 saturated carbocycles. The van der Waals surface area contributed by atoms with E-state index in [0.29, 0.717) is 29.6 Å². The van der Waals surface area contributed by atoms with E-state index in [1.54, 1.807) is 19.4 Å². The minimum absolute atomic E-state index is 0.0399.